The largest absolute Gasteiger partial charge is 0.324 e. The molecule has 0 aliphatic carbocycles. The highest BCUT2D eigenvalue weighted by atomic mass is 35.5. The Bertz CT molecular complexity index is 811. The molecule has 0 aliphatic rings. The summed E-state index contributed by atoms with van der Waals surface area (Å²) in [6.45, 7) is 1.15. The van der Waals surface area contributed by atoms with E-state index in [4.69, 9.17) is 28.5 Å². The van der Waals surface area contributed by atoms with E-state index in [1.807, 2.05) is 6.07 Å². The molecule has 0 aromatic heterocycles. The van der Waals surface area contributed by atoms with Crippen molar-refractivity contribution in [3.8, 4) is 6.07 Å². The fourth-order valence-corrected chi connectivity index (χ4v) is 2.62. The minimum atomic E-state index is -0.411. The van der Waals surface area contributed by atoms with Crippen molar-refractivity contribution in [2.24, 2.45) is 0 Å². The minimum absolute atomic E-state index is 0.200. The molecule has 0 saturated heterocycles. The van der Waals surface area contributed by atoms with E-state index in [9.17, 15) is 9.59 Å². The van der Waals surface area contributed by atoms with Gasteiger partial charge in [-0.15, -0.1) is 0 Å². The molecule has 0 saturated carbocycles. The zero-order chi connectivity index (χ0) is 17.7. The Hall–Kier alpha value is -2.55. The van der Waals surface area contributed by atoms with Crippen LogP contribution in [-0.4, -0.2) is 18.4 Å². The van der Waals surface area contributed by atoms with Crippen LogP contribution in [0.5, 0.6) is 0 Å². The van der Waals surface area contributed by atoms with Crippen molar-refractivity contribution in [2.75, 3.05) is 16.8 Å². The van der Waals surface area contributed by atoms with Crippen LogP contribution in [0.15, 0.2) is 42.5 Å². The zero-order valence-corrected chi connectivity index (χ0v) is 14.2. The number of carbonyl (C=O) groups excluding carboxylic acids is 2. The van der Waals surface area contributed by atoms with E-state index in [1.54, 1.807) is 42.5 Å². The molecular formula is C17H13Cl2N3O2. The summed E-state index contributed by atoms with van der Waals surface area (Å²) in [6.07, 6.45) is 0. The molecule has 2 rings (SSSR count). The Morgan fingerprint density at radius 3 is 2.42 bits per heavy atom. The van der Waals surface area contributed by atoms with Crippen molar-refractivity contribution in [2.45, 2.75) is 6.92 Å². The highest BCUT2D eigenvalue weighted by Crippen LogP contribution is 2.22. The Kier molecular flexibility index (Phi) is 5.80. The lowest BCUT2D eigenvalue weighted by Gasteiger charge is -2.21. The third-order valence-corrected chi connectivity index (χ3v) is 3.55. The van der Waals surface area contributed by atoms with Crippen molar-refractivity contribution in [1.82, 2.24) is 0 Å². The van der Waals surface area contributed by atoms with E-state index in [1.165, 1.54) is 11.8 Å². The number of benzene rings is 2. The van der Waals surface area contributed by atoms with Gasteiger partial charge in [0.15, 0.2) is 0 Å². The predicted octanol–water partition coefficient (Wildman–Crippen LogP) is 3.86. The van der Waals surface area contributed by atoms with Crippen LogP contribution in [0.3, 0.4) is 0 Å². The van der Waals surface area contributed by atoms with Gasteiger partial charge in [0.05, 0.1) is 11.6 Å². The lowest BCUT2D eigenvalue weighted by molar-refractivity contribution is -0.120. The topological polar surface area (TPSA) is 73.2 Å². The highest BCUT2D eigenvalue weighted by molar-refractivity contribution is 6.35. The molecule has 0 fully saturated rings. The van der Waals surface area contributed by atoms with Crippen LogP contribution in [0.4, 0.5) is 11.4 Å². The summed E-state index contributed by atoms with van der Waals surface area (Å²) in [6, 6.07) is 13.1. The van der Waals surface area contributed by atoms with Gasteiger partial charge in [0.1, 0.15) is 6.54 Å². The summed E-state index contributed by atoms with van der Waals surface area (Å²) in [5.41, 5.74) is 1.31. The van der Waals surface area contributed by atoms with Gasteiger partial charge in [-0.1, -0.05) is 29.3 Å². The second kappa shape index (κ2) is 7.82. The van der Waals surface area contributed by atoms with Crippen molar-refractivity contribution in [1.29, 1.82) is 5.26 Å². The number of nitrogens with zero attached hydrogens (tertiary/aromatic N) is 2. The van der Waals surface area contributed by atoms with Crippen LogP contribution in [0, 0.1) is 11.3 Å². The Morgan fingerprint density at radius 2 is 1.83 bits per heavy atom. The van der Waals surface area contributed by atoms with Crippen LogP contribution in [0.25, 0.3) is 0 Å². The molecule has 7 heteroatoms. The Balaban J connectivity index is 2.17. The molecule has 2 aromatic rings. The van der Waals surface area contributed by atoms with E-state index in [-0.39, 0.29) is 12.5 Å². The molecule has 0 aliphatic heterocycles. The molecule has 0 unspecified atom stereocenters. The number of anilines is 2. The molecule has 0 atom stereocenters. The Labute approximate surface area is 149 Å². The van der Waals surface area contributed by atoms with Crippen molar-refractivity contribution in [3.63, 3.8) is 0 Å². The molecule has 2 aromatic carbocycles. The maximum atomic E-state index is 12.2. The fourth-order valence-electron chi connectivity index (χ4n) is 2.10. The van der Waals surface area contributed by atoms with E-state index < -0.39 is 5.91 Å². The van der Waals surface area contributed by atoms with E-state index >= 15 is 0 Å². The minimum Gasteiger partial charge on any atom is -0.324 e. The van der Waals surface area contributed by atoms with Crippen molar-refractivity contribution in [3.05, 3.63) is 58.1 Å². The molecule has 0 heterocycles. The van der Waals surface area contributed by atoms with Gasteiger partial charge in [0.25, 0.3) is 0 Å². The first kappa shape index (κ1) is 17.8. The summed E-state index contributed by atoms with van der Waals surface area (Å²) in [4.78, 5) is 25.4. The van der Waals surface area contributed by atoms with E-state index in [0.29, 0.717) is 27.0 Å². The standard InChI is InChI=1S/C17H13Cl2N3O2/c1-11(23)22(16-4-2-3-12(5-16)9-20)10-17(24)21-15-7-13(18)6-14(19)8-15/h2-8H,10H2,1H3,(H,21,24). The summed E-state index contributed by atoms with van der Waals surface area (Å²) in [5, 5.41) is 12.4. The third kappa shape index (κ3) is 4.72. The average Bonchev–Trinajstić information content (AvgIpc) is 2.51. The Morgan fingerprint density at radius 1 is 1.17 bits per heavy atom. The van der Waals surface area contributed by atoms with Gasteiger partial charge in [-0.25, -0.2) is 0 Å². The SMILES string of the molecule is CC(=O)N(CC(=O)Nc1cc(Cl)cc(Cl)c1)c1cccc(C#N)c1. The summed E-state index contributed by atoms with van der Waals surface area (Å²) in [7, 11) is 0. The van der Waals surface area contributed by atoms with Gasteiger partial charge in [-0.05, 0) is 36.4 Å². The molecule has 1 N–H and O–H groups in total. The van der Waals surface area contributed by atoms with Gasteiger partial charge in [0.2, 0.25) is 11.8 Å². The number of nitriles is 1. The van der Waals surface area contributed by atoms with Crippen LogP contribution >= 0.6 is 23.2 Å². The van der Waals surface area contributed by atoms with Gasteiger partial charge in [0, 0.05) is 28.3 Å². The first-order valence-corrected chi connectivity index (χ1v) is 7.69. The van der Waals surface area contributed by atoms with Crippen LogP contribution in [0.1, 0.15) is 12.5 Å². The number of nitrogens with one attached hydrogen (secondary N) is 1. The van der Waals surface area contributed by atoms with Gasteiger partial charge in [-0.3, -0.25) is 9.59 Å². The molecular weight excluding hydrogens is 349 g/mol. The first-order valence-electron chi connectivity index (χ1n) is 6.93. The molecule has 0 radical (unpaired) electrons. The average molecular weight is 362 g/mol. The van der Waals surface area contributed by atoms with Crippen LogP contribution in [-0.2, 0) is 9.59 Å². The van der Waals surface area contributed by atoms with Crippen molar-refractivity contribution >= 4 is 46.4 Å². The van der Waals surface area contributed by atoms with Gasteiger partial charge in [-0.2, -0.15) is 5.26 Å². The molecule has 24 heavy (non-hydrogen) atoms. The third-order valence-electron chi connectivity index (χ3n) is 3.12. The fraction of sp³-hybridized carbons (Fsp3) is 0.118. The number of hydrogen-bond acceptors (Lipinski definition) is 3. The predicted molar refractivity (Wildman–Crippen MR) is 94.3 cm³/mol. The van der Waals surface area contributed by atoms with Gasteiger partial charge >= 0.3 is 0 Å². The monoisotopic (exact) mass is 361 g/mol. The summed E-state index contributed by atoms with van der Waals surface area (Å²) in [5.74, 6) is -0.727. The van der Waals surface area contributed by atoms with Crippen LogP contribution in [0.2, 0.25) is 10.0 Å². The van der Waals surface area contributed by atoms with Gasteiger partial charge < -0.3 is 10.2 Å². The maximum absolute atomic E-state index is 12.2. The maximum Gasteiger partial charge on any atom is 0.244 e. The lowest BCUT2D eigenvalue weighted by Crippen LogP contribution is -2.36. The van der Waals surface area contributed by atoms with E-state index in [0.717, 1.165) is 0 Å². The van der Waals surface area contributed by atoms with Crippen molar-refractivity contribution < 1.29 is 9.59 Å². The second-order valence-corrected chi connectivity index (χ2v) is 5.85. The quantitative estimate of drug-likeness (QED) is 0.898. The number of halogens is 2. The first-order chi connectivity index (χ1) is 11.4. The number of carbonyl (C=O) groups is 2. The highest BCUT2D eigenvalue weighted by Gasteiger charge is 2.16. The zero-order valence-electron chi connectivity index (χ0n) is 12.7. The lowest BCUT2D eigenvalue weighted by atomic mass is 10.2. The number of hydrogen-bond donors (Lipinski definition) is 1. The number of amides is 2. The molecule has 5 nitrogen and oxygen atoms in total. The normalized spacial score (nSPS) is 9.92. The smallest absolute Gasteiger partial charge is 0.244 e. The molecule has 2 amide bonds. The van der Waals surface area contributed by atoms with E-state index in [2.05, 4.69) is 5.32 Å². The summed E-state index contributed by atoms with van der Waals surface area (Å²) < 4.78 is 0. The molecule has 0 spiro atoms. The number of rotatable bonds is 4. The van der Waals surface area contributed by atoms with Crippen LogP contribution < -0.4 is 10.2 Å². The summed E-state index contributed by atoms with van der Waals surface area (Å²) >= 11 is 11.8. The second-order valence-electron chi connectivity index (χ2n) is 4.97. The molecule has 122 valence electrons. The molecule has 0 bridgehead atoms.